The standard InChI is InChI=1S/C11H14INO2/c1-9(7-12)13-11(14)15-8-10-5-3-2-4-6-10/h2-6,9H,7-8H2,1H3,(H,13,14). The van der Waals surface area contributed by atoms with E-state index in [1.807, 2.05) is 37.3 Å². The number of nitrogens with one attached hydrogen (secondary N) is 1. The maximum absolute atomic E-state index is 11.2. The van der Waals surface area contributed by atoms with Crippen LogP contribution in [0.2, 0.25) is 0 Å². The summed E-state index contributed by atoms with van der Waals surface area (Å²) in [6, 6.07) is 9.77. The first-order valence-corrected chi connectivity index (χ1v) is 6.28. The van der Waals surface area contributed by atoms with Crippen LogP contribution in [0.3, 0.4) is 0 Å². The third kappa shape index (κ3) is 5.01. The van der Waals surface area contributed by atoms with Crippen LogP contribution in [0.4, 0.5) is 4.79 Å². The Bertz CT molecular complexity index is 303. The van der Waals surface area contributed by atoms with E-state index in [2.05, 4.69) is 27.9 Å². The minimum absolute atomic E-state index is 0.147. The average molecular weight is 319 g/mol. The van der Waals surface area contributed by atoms with Crippen LogP contribution in [0.1, 0.15) is 12.5 Å². The molecule has 1 amide bonds. The lowest BCUT2D eigenvalue weighted by Crippen LogP contribution is -2.33. The number of benzene rings is 1. The summed E-state index contributed by atoms with van der Waals surface area (Å²) in [5, 5.41) is 2.73. The monoisotopic (exact) mass is 319 g/mol. The van der Waals surface area contributed by atoms with Crippen LogP contribution in [0.15, 0.2) is 30.3 Å². The van der Waals surface area contributed by atoms with Crippen LogP contribution >= 0.6 is 22.6 Å². The van der Waals surface area contributed by atoms with Gasteiger partial charge >= 0.3 is 6.09 Å². The molecule has 1 unspecified atom stereocenters. The van der Waals surface area contributed by atoms with Crippen molar-refractivity contribution in [2.75, 3.05) is 4.43 Å². The molecule has 1 atom stereocenters. The summed E-state index contributed by atoms with van der Waals surface area (Å²) in [4.78, 5) is 11.2. The Morgan fingerprint density at radius 3 is 2.73 bits per heavy atom. The number of carbonyl (C=O) groups is 1. The molecule has 0 spiro atoms. The van der Waals surface area contributed by atoms with Gasteiger partial charge in [-0.3, -0.25) is 0 Å². The van der Waals surface area contributed by atoms with Gasteiger partial charge in [0.2, 0.25) is 0 Å². The van der Waals surface area contributed by atoms with Crippen LogP contribution in [-0.4, -0.2) is 16.6 Å². The van der Waals surface area contributed by atoms with E-state index in [9.17, 15) is 4.79 Å². The Balaban J connectivity index is 2.29. The third-order valence-corrected chi connectivity index (χ3v) is 3.13. The first-order valence-electron chi connectivity index (χ1n) is 4.75. The van der Waals surface area contributed by atoms with Gasteiger partial charge in [-0.2, -0.15) is 0 Å². The normalized spacial score (nSPS) is 11.9. The van der Waals surface area contributed by atoms with Crippen LogP contribution in [0.5, 0.6) is 0 Å². The molecule has 1 aromatic rings. The fourth-order valence-electron chi connectivity index (χ4n) is 1.00. The summed E-state index contributed by atoms with van der Waals surface area (Å²) >= 11 is 2.22. The number of hydrogen-bond donors (Lipinski definition) is 1. The summed E-state index contributed by atoms with van der Waals surface area (Å²) in [5.41, 5.74) is 0.995. The smallest absolute Gasteiger partial charge is 0.407 e. The number of ether oxygens (including phenoxy) is 1. The summed E-state index contributed by atoms with van der Waals surface area (Å²) in [6.45, 7) is 2.26. The second-order valence-corrected chi connectivity index (χ2v) is 4.14. The maximum atomic E-state index is 11.2. The molecule has 0 aliphatic rings. The Morgan fingerprint density at radius 2 is 2.13 bits per heavy atom. The highest BCUT2D eigenvalue weighted by Crippen LogP contribution is 2.00. The van der Waals surface area contributed by atoms with Crippen molar-refractivity contribution in [2.45, 2.75) is 19.6 Å². The van der Waals surface area contributed by atoms with Crippen molar-refractivity contribution in [2.24, 2.45) is 0 Å². The zero-order chi connectivity index (χ0) is 11.1. The predicted molar refractivity (Wildman–Crippen MR) is 68.1 cm³/mol. The van der Waals surface area contributed by atoms with Gasteiger partial charge in [0.05, 0.1) is 0 Å². The van der Waals surface area contributed by atoms with Crippen molar-refractivity contribution in [1.82, 2.24) is 5.32 Å². The second kappa shape index (κ2) is 6.66. The molecule has 4 heteroatoms. The minimum Gasteiger partial charge on any atom is -0.445 e. The average Bonchev–Trinajstić information content (AvgIpc) is 2.27. The van der Waals surface area contributed by atoms with Crippen LogP contribution < -0.4 is 5.32 Å². The second-order valence-electron chi connectivity index (χ2n) is 3.26. The molecule has 0 aromatic heterocycles. The van der Waals surface area contributed by atoms with Gasteiger partial charge in [-0.25, -0.2) is 4.79 Å². The van der Waals surface area contributed by atoms with Gasteiger partial charge < -0.3 is 10.1 Å². The molecule has 1 aromatic carbocycles. The fourth-order valence-corrected chi connectivity index (χ4v) is 1.22. The van der Waals surface area contributed by atoms with Crippen LogP contribution in [0, 0.1) is 0 Å². The molecule has 15 heavy (non-hydrogen) atoms. The van der Waals surface area contributed by atoms with Crippen molar-refractivity contribution in [1.29, 1.82) is 0 Å². The molecule has 82 valence electrons. The number of amides is 1. The lowest BCUT2D eigenvalue weighted by molar-refractivity contribution is 0.137. The van der Waals surface area contributed by atoms with Gasteiger partial charge in [0.15, 0.2) is 0 Å². The zero-order valence-corrected chi connectivity index (χ0v) is 10.7. The number of alkyl halides is 1. The molecule has 0 saturated carbocycles. The summed E-state index contributed by atoms with van der Waals surface area (Å²) in [5.74, 6) is 0. The highest BCUT2D eigenvalue weighted by atomic mass is 127. The van der Waals surface area contributed by atoms with Gasteiger partial charge in [0.1, 0.15) is 6.61 Å². The van der Waals surface area contributed by atoms with E-state index in [1.54, 1.807) is 0 Å². The van der Waals surface area contributed by atoms with E-state index >= 15 is 0 Å². The molecule has 3 nitrogen and oxygen atoms in total. The lowest BCUT2D eigenvalue weighted by atomic mass is 10.2. The predicted octanol–water partition coefficient (Wildman–Crippen LogP) is 2.74. The Morgan fingerprint density at radius 1 is 1.47 bits per heavy atom. The SMILES string of the molecule is CC(CI)NC(=O)OCc1ccccc1. The molecule has 0 bridgehead atoms. The molecule has 0 fully saturated rings. The molecule has 0 heterocycles. The van der Waals surface area contributed by atoms with Crippen LogP contribution in [-0.2, 0) is 11.3 Å². The van der Waals surface area contributed by atoms with Gasteiger partial charge in [-0.1, -0.05) is 52.9 Å². The number of carbonyl (C=O) groups excluding carboxylic acids is 1. The Hall–Kier alpha value is -0.780. The highest BCUT2D eigenvalue weighted by Gasteiger charge is 2.06. The number of hydrogen-bond acceptors (Lipinski definition) is 2. The third-order valence-electron chi connectivity index (χ3n) is 1.81. The van der Waals surface area contributed by atoms with Gasteiger partial charge in [-0.05, 0) is 12.5 Å². The molecular formula is C11H14INO2. The van der Waals surface area contributed by atoms with E-state index in [-0.39, 0.29) is 12.1 Å². The summed E-state index contributed by atoms with van der Waals surface area (Å²) in [7, 11) is 0. The lowest BCUT2D eigenvalue weighted by Gasteiger charge is -2.10. The minimum atomic E-state index is -0.358. The number of halogens is 1. The van der Waals surface area contributed by atoms with E-state index in [4.69, 9.17) is 4.74 Å². The summed E-state index contributed by atoms with van der Waals surface area (Å²) in [6.07, 6.45) is -0.358. The molecule has 0 aliphatic heterocycles. The maximum Gasteiger partial charge on any atom is 0.407 e. The number of alkyl carbamates (subject to hydrolysis) is 1. The molecule has 1 rings (SSSR count). The molecule has 0 radical (unpaired) electrons. The largest absolute Gasteiger partial charge is 0.445 e. The Labute approximate surface area is 103 Å². The van der Waals surface area contributed by atoms with Crippen molar-refractivity contribution in [3.8, 4) is 0 Å². The highest BCUT2D eigenvalue weighted by molar-refractivity contribution is 14.1. The first-order chi connectivity index (χ1) is 7.22. The van der Waals surface area contributed by atoms with Crippen LogP contribution in [0.25, 0.3) is 0 Å². The van der Waals surface area contributed by atoms with Crippen molar-refractivity contribution < 1.29 is 9.53 Å². The summed E-state index contributed by atoms with van der Waals surface area (Å²) < 4.78 is 5.92. The van der Waals surface area contributed by atoms with E-state index in [1.165, 1.54) is 0 Å². The molecule has 0 saturated heterocycles. The Kier molecular flexibility index (Phi) is 5.45. The van der Waals surface area contributed by atoms with Crippen molar-refractivity contribution in [3.63, 3.8) is 0 Å². The zero-order valence-electron chi connectivity index (χ0n) is 8.57. The molecule has 1 N–H and O–H groups in total. The van der Waals surface area contributed by atoms with Crippen molar-refractivity contribution >= 4 is 28.7 Å². The van der Waals surface area contributed by atoms with E-state index in [0.717, 1.165) is 9.99 Å². The molecular weight excluding hydrogens is 305 g/mol. The first kappa shape index (κ1) is 12.3. The number of rotatable bonds is 4. The van der Waals surface area contributed by atoms with Gasteiger partial charge in [-0.15, -0.1) is 0 Å². The quantitative estimate of drug-likeness (QED) is 0.684. The van der Waals surface area contributed by atoms with Gasteiger partial charge in [0, 0.05) is 10.5 Å². The molecule has 0 aliphatic carbocycles. The van der Waals surface area contributed by atoms with E-state index in [0.29, 0.717) is 6.61 Å². The van der Waals surface area contributed by atoms with Gasteiger partial charge in [0.25, 0.3) is 0 Å². The topological polar surface area (TPSA) is 38.3 Å². The van der Waals surface area contributed by atoms with E-state index < -0.39 is 0 Å². The fraction of sp³-hybridized carbons (Fsp3) is 0.364. The van der Waals surface area contributed by atoms with Crippen molar-refractivity contribution in [3.05, 3.63) is 35.9 Å².